The molecular weight excluding hydrogens is 356 g/mol. The number of hydrogen-bond acceptors (Lipinski definition) is 2. The molecule has 5 heteroatoms. The van der Waals surface area contributed by atoms with Crippen molar-refractivity contribution in [1.82, 2.24) is 4.90 Å². The predicted molar refractivity (Wildman–Crippen MR) is 111 cm³/mol. The van der Waals surface area contributed by atoms with Crippen LogP contribution in [0.15, 0.2) is 35.7 Å². The first kappa shape index (κ1) is 19.2. The number of thiocarbonyl (C=S) groups is 1. The van der Waals surface area contributed by atoms with Gasteiger partial charge in [-0.3, -0.25) is 0 Å². The first-order valence-electron chi connectivity index (χ1n) is 8.25. The molecule has 1 heterocycles. The van der Waals surface area contributed by atoms with Crippen molar-refractivity contribution in [2.45, 2.75) is 40.2 Å². The molecule has 0 bridgehead atoms. The molecular formula is C19H25ClN2S2. The Morgan fingerprint density at radius 3 is 2.67 bits per heavy atom. The molecule has 0 saturated carbocycles. The normalized spacial score (nSPS) is 12.2. The number of anilines is 1. The second kappa shape index (κ2) is 8.84. The summed E-state index contributed by atoms with van der Waals surface area (Å²) in [5, 5.41) is 6.98. The van der Waals surface area contributed by atoms with Gasteiger partial charge in [0.15, 0.2) is 5.11 Å². The lowest BCUT2D eigenvalue weighted by Gasteiger charge is -2.32. The molecule has 0 radical (unpaired) electrons. The van der Waals surface area contributed by atoms with Crippen molar-refractivity contribution in [3.63, 3.8) is 0 Å². The molecule has 0 saturated heterocycles. The van der Waals surface area contributed by atoms with E-state index >= 15 is 0 Å². The molecule has 2 rings (SSSR count). The van der Waals surface area contributed by atoms with Gasteiger partial charge >= 0.3 is 0 Å². The molecule has 1 atom stereocenters. The molecule has 0 aliphatic rings. The lowest BCUT2D eigenvalue weighted by Crippen LogP contribution is -2.38. The molecule has 2 aromatic rings. The van der Waals surface area contributed by atoms with Gasteiger partial charge in [0.1, 0.15) is 0 Å². The monoisotopic (exact) mass is 380 g/mol. The van der Waals surface area contributed by atoms with Crippen molar-refractivity contribution >= 4 is 46.0 Å². The van der Waals surface area contributed by atoms with E-state index in [1.165, 1.54) is 4.88 Å². The Morgan fingerprint density at radius 1 is 1.29 bits per heavy atom. The number of nitrogens with one attached hydrogen (secondary N) is 1. The van der Waals surface area contributed by atoms with Gasteiger partial charge in [-0.2, -0.15) is 0 Å². The van der Waals surface area contributed by atoms with Crippen LogP contribution in [0.25, 0.3) is 0 Å². The van der Waals surface area contributed by atoms with Gasteiger partial charge in [-0.1, -0.05) is 37.6 Å². The van der Waals surface area contributed by atoms with Crippen molar-refractivity contribution in [2.24, 2.45) is 5.92 Å². The number of aryl methyl sites for hydroxylation is 1. The average molecular weight is 381 g/mol. The highest BCUT2D eigenvalue weighted by atomic mass is 35.5. The fourth-order valence-electron chi connectivity index (χ4n) is 2.47. The summed E-state index contributed by atoms with van der Waals surface area (Å²) < 4.78 is 0. The summed E-state index contributed by atoms with van der Waals surface area (Å²) in [7, 11) is 0. The summed E-state index contributed by atoms with van der Waals surface area (Å²) in [6, 6.07) is 10.4. The molecule has 1 aromatic heterocycles. The summed E-state index contributed by atoms with van der Waals surface area (Å²) in [6.45, 7) is 9.69. The van der Waals surface area contributed by atoms with Gasteiger partial charge in [0.2, 0.25) is 0 Å². The standard InChI is InChI=1S/C19H25ClN2S2/c1-13(2)9-10-22(15(4)18-6-5-11-24-18)19(23)21-17-12-16(20)8-7-14(17)3/h5-8,11-13,15H,9-10H2,1-4H3,(H,21,23). The van der Waals surface area contributed by atoms with Crippen molar-refractivity contribution in [3.8, 4) is 0 Å². The molecule has 2 nitrogen and oxygen atoms in total. The molecule has 1 aromatic carbocycles. The smallest absolute Gasteiger partial charge is 0.173 e. The Balaban J connectivity index is 2.18. The zero-order chi connectivity index (χ0) is 17.7. The summed E-state index contributed by atoms with van der Waals surface area (Å²) in [5.41, 5.74) is 2.11. The van der Waals surface area contributed by atoms with Gasteiger partial charge in [0.25, 0.3) is 0 Å². The molecule has 24 heavy (non-hydrogen) atoms. The van der Waals surface area contributed by atoms with Gasteiger partial charge in [-0.15, -0.1) is 11.3 Å². The van der Waals surface area contributed by atoms with Crippen LogP contribution < -0.4 is 5.32 Å². The Bertz CT molecular complexity index is 668. The second-order valence-electron chi connectivity index (χ2n) is 6.46. The molecule has 130 valence electrons. The number of benzene rings is 1. The maximum Gasteiger partial charge on any atom is 0.173 e. The second-order valence-corrected chi connectivity index (χ2v) is 8.26. The first-order valence-corrected chi connectivity index (χ1v) is 9.92. The highest BCUT2D eigenvalue weighted by molar-refractivity contribution is 7.80. The van der Waals surface area contributed by atoms with Crippen molar-refractivity contribution < 1.29 is 0 Å². The van der Waals surface area contributed by atoms with Gasteiger partial charge in [0.05, 0.1) is 6.04 Å². The fourth-order valence-corrected chi connectivity index (χ4v) is 3.79. The summed E-state index contributed by atoms with van der Waals surface area (Å²) >= 11 is 13.6. The van der Waals surface area contributed by atoms with E-state index in [0.29, 0.717) is 10.9 Å². The number of nitrogens with zero attached hydrogens (tertiary/aromatic N) is 1. The van der Waals surface area contributed by atoms with E-state index in [0.717, 1.165) is 29.3 Å². The first-order chi connectivity index (χ1) is 11.4. The number of halogens is 1. The molecule has 1 unspecified atom stereocenters. The minimum Gasteiger partial charge on any atom is -0.341 e. The van der Waals surface area contributed by atoms with Crippen LogP contribution in [0.2, 0.25) is 5.02 Å². The van der Waals surface area contributed by atoms with Crippen LogP contribution in [0.1, 0.15) is 43.7 Å². The predicted octanol–water partition coefficient (Wildman–Crippen LogP) is 6.52. The zero-order valence-electron chi connectivity index (χ0n) is 14.7. The van der Waals surface area contributed by atoms with E-state index in [-0.39, 0.29) is 6.04 Å². The third-order valence-electron chi connectivity index (χ3n) is 4.07. The SMILES string of the molecule is Cc1ccc(Cl)cc1NC(=S)N(CCC(C)C)C(C)c1cccs1. The Hall–Kier alpha value is -1.10. The number of rotatable bonds is 6. The Kier molecular flexibility index (Phi) is 7.08. The molecule has 0 aliphatic heterocycles. The van der Waals surface area contributed by atoms with Crippen molar-refractivity contribution in [1.29, 1.82) is 0 Å². The highest BCUT2D eigenvalue weighted by Crippen LogP contribution is 2.27. The summed E-state index contributed by atoms with van der Waals surface area (Å²) in [6.07, 6.45) is 1.10. The van der Waals surface area contributed by atoms with Crippen LogP contribution in [-0.4, -0.2) is 16.6 Å². The Morgan fingerprint density at radius 2 is 2.04 bits per heavy atom. The van der Waals surface area contributed by atoms with Gasteiger partial charge < -0.3 is 10.2 Å². The minimum atomic E-state index is 0.253. The minimum absolute atomic E-state index is 0.253. The number of hydrogen-bond donors (Lipinski definition) is 1. The van der Waals surface area contributed by atoms with Crippen LogP contribution in [0.5, 0.6) is 0 Å². The average Bonchev–Trinajstić information content (AvgIpc) is 3.05. The van der Waals surface area contributed by atoms with E-state index < -0.39 is 0 Å². The number of thiophene rings is 1. The molecule has 1 N–H and O–H groups in total. The van der Waals surface area contributed by atoms with Gasteiger partial charge in [0, 0.05) is 22.1 Å². The van der Waals surface area contributed by atoms with E-state index in [1.807, 2.05) is 18.2 Å². The topological polar surface area (TPSA) is 15.3 Å². The van der Waals surface area contributed by atoms with Gasteiger partial charge in [-0.05, 0) is 67.5 Å². The lowest BCUT2D eigenvalue weighted by molar-refractivity contribution is 0.322. The van der Waals surface area contributed by atoms with Crippen LogP contribution in [0.4, 0.5) is 5.69 Å². The van der Waals surface area contributed by atoms with E-state index in [4.69, 9.17) is 23.8 Å². The zero-order valence-corrected chi connectivity index (χ0v) is 17.1. The van der Waals surface area contributed by atoms with E-state index in [2.05, 4.69) is 55.4 Å². The van der Waals surface area contributed by atoms with Crippen molar-refractivity contribution in [3.05, 3.63) is 51.2 Å². The molecule has 0 fully saturated rings. The van der Waals surface area contributed by atoms with Crippen LogP contribution in [0, 0.1) is 12.8 Å². The highest BCUT2D eigenvalue weighted by Gasteiger charge is 2.20. The Labute approximate surface area is 159 Å². The van der Waals surface area contributed by atoms with Crippen molar-refractivity contribution in [2.75, 3.05) is 11.9 Å². The van der Waals surface area contributed by atoms with Crippen LogP contribution in [0.3, 0.4) is 0 Å². The quantitative estimate of drug-likeness (QED) is 0.574. The third kappa shape index (κ3) is 5.20. The molecule has 0 amide bonds. The lowest BCUT2D eigenvalue weighted by atomic mass is 10.1. The molecule has 0 aliphatic carbocycles. The fraction of sp³-hybridized carbons (Fsp3) is 0.421. The van der Waals surface area contributed by atoms with E-state index in [9.17, 15) is 0 Å². The maximum absolute atomic E-state index is 6.13. The van der Waals surface area contributed by atoms with Crippen LogP contribution in [-0.2, 0) is 0 Å². The third-order valence-corrected chi connectivity index (χ3v) is 5.69. The van der Waals surface area contributed by atoms with E-state index in [1.54, 1.807) is 11.3 Å². The summed E-state index contributed by atoms with van der Waals surface area (Å²) in [5.74, 6) is 0.638. The molecule has 0 spiro atoms. The van der Waals surface area contributed by atoms with Gasteiger partial charge in [-0.25, -0.2) is 0 Å². The summed E-state index contributed by atoms with van der Waals surface area (Å²) in [4.78, 5) is 3.60. The maximum atomic E-state index is 6.13. The largest absolute Gasteiger partial charge is 0.341 e. The van der Waals surface area contributed by atoms with Crippen LogP contribution >= 0.6 is 35.2 Å².